The Bertz CT molecular complexity index is 484. The second kappa shape index (κ2) is 5.94. The highest BCUT2D eigenvalue weighted by atomic mass is 79.9. The molecular formula is C16H22BrNO2. The summed E-state index contributed by atoms with van der Waals surface area (Å²) in [6.45, 7) is 4.70. The third-order valence-electron chi connectivity index (χ3n) is 4.47. The third kappa shape index (κ3) is 3.12. The molecule has 0 amide bonds. The molecule has 1 N–H and O–H groups in total. The van der Waals surface area contributed by atoms with Gasteiger partial charge in [-0.1, -0.05) is 42.1 Å². The van der Waals surface area contributed by atoms with E-state index in [0.717, 1.165) is 29.1 Å². The molecule has 1 saturated carbocycles. The molecular weight excluding hydrogens is 318 g/mol. The molecule has 1 heterocycles. The summed E-state index contributed by atoms with van der Waals surface area (Å²) in [5.41, 5.74) is 1.70. The topological polar surface area (TPSA) is 30.5 Å². The first-order valence-electron chi connectivity index (χ1n) is 7.45. The summed E-state index contributed by atoms with van der Waals surface area (Å²) in [7, 11) is 0. The van der Waals surface area contributed by atoms with E-state index in [2.05, 4.69) is 34.2 Å². The molecule has 0 bridgehead atoms. The van der Waals surface area contributed by atoms with Gasteiger partial charge in [-0.05, 0) is 36.0 Å². The van der Waals surface area contributed by atoms with Crippen LogP contribution in [-0.2, 0) is 6.54 Å². The summed E-state index contributed by atoms with van der Waals surface area (Å²) < 4.78 is 11.9. The quantitative estimate of drug-likeness (QED) is 0.889. The molecule has 110 valence electrons. The number of nitrogens with one attached hydrogen (secondary N) is 1. The predicted octanol–water partition coefficient (Wildman–Crippen LogP) is 4.24. The Hall–Kier alpha value is -0.740. The summed E-state index contributed by atoms with van der Waals surface area (Å²) in [6, 6.07) is 4.07. The Morgan fingerprint density at radius 2 is 1.85 bits per heavy atom. The lowest BCUT2D eigenvalue weighted by Gasteiger charge is -2.33. The first-order valence-corrected chi connectivity index (χ1v) is 8.24. The van der Waals surface area contributed by atoms with Crippen molar-refractivity contribution in [1.29, 1.82) is 0 Å². The average Bonchev–Trinajstić information content (AvgIpc) is 2.86. The van der Waals surface area contributed by atoms with Crippen molar-refractivity contribution in [2.75, 3.05) is 13.3 Å². The average molecular weight is 340 g/mol. The standard InChI is InChI=1S/C16H22BrNO2/c1-16(5-3-2-4-6-16)10-18-9-12-7-14-15(8-13(12)17)20-11-19-14/h7-8,18H,2-6,9-11H2,1H3. The number of benzene rings is 1. The van der Waals surface area contributed by atoms with E-state index in [1.54, 1.807) is 0 Å². The lowest BCUT2D eigenvalue weighted by molar-refractivity contribution is 0.174. The van der Waals surface area contributed by atoms with Gasteiger partial charge in [-0.25, -0.2) is 0 Å². The highest BCUT2D eigenvalue weighted by Gasteiger charge is 2.26. The van der Waals surface area contributed by atoms with Crippen LogP contribution in [0.1, 0.15) is 44.6 Å². The molecule has 1 aromatic rings. The van der Waals surface area contributed by atoms with Gasteiger partial charge in [0.05, 0.1) is 0 Å². The summed E-state index contributed by atoms with van der Waals surface area (Å²) in [5, 5.41) is 3.62. The summed E-state index contributed by atoms with van der Waals surface area (Å²) in [5.74, 6) is 1.69. The predicted molar refractivity (Wildman–Crippen MR) is 83.2 cm³/mol. The van der Waals surface area contributed by atoms with Crippen LogP contribution in [0.25, 0.3) is 0 Å². The summed E-state index contributed by atoms with van der Waals surface area (Å²) >= 11 is 3.61. The van der Waals surface area contributed by atoms with Crippen LogP contribution in [0.4, 0.5) is 0 Å². The summed E-state index contributed by atoms with van der Waals surface area (Å²) in [4.78, 5) is 0. The number of rotatable bonds is 4. The van der Waals surface area contributed by atoms with Crippen LogP contribution in [0.2, 0.25) is 0 Å². The van der Waals surface area contributed by atoms with Crippen molar-refractivity contribution in [2.45, 2.75) is 45.6 Å². The van der Waals surface area contributed by atoms with Gasteiger partial charge in [0.25, 0.3) is 0 Å². The van der Waals surface area contributed by atoms with Crippen molar-refractivity contribution in [3.05, 3.63) is 22.2 Å². The molecule has 1 fully saturated rings. The number of ether oxygens (including phenoxy) is 2. The fourth-order valence-corrected chi connectivity index (χ4v) is 3.64. The van der Waals surface area contributed by atoms with Crippen LogP contribution in [0.15, 0.2) is 16.6 Å². The Kier molecular flexibility index (Phi) is 4.22. The number of halogens is 1. The van der Waals surface area contributed by atoms with Gasteiger partial charge in [0.2, 0.25) is 6.79 Å². The Morgan fingerprint density at radius 1 is 1.15 bits per heavy atom. The molecule has 2 aliphatic rings. The molecule has 20 heavy (non-hydrogen) atoms. The molecule has 4 heteroatoms. The molecule has 0 unspecified atom stereocenters. The lowest BCUT2D eigenvalue weighted by atomic mass is 9.76. The zero-order valence-electron chi connectivity index (χ0n) is 12.0. The van der Waals surface area contributed by atoms with Gasteiger partial charge in [0.1, 0.15) is 0 Å². The van der Waals surface area contributed by atoms with E-state index in [4.69, 9.17) is 9.47 Å². The van der Waals surface area contributed by atoms with Crippen molar-refractivity contribution in [1.82, 2.24) is 5.32 Å². The molecule has 1 aliphatic carbocycles. The van der Waals surface area contributed by atoms with Crippen molar-refractivity contribution in [2.24, 2.45) is 5.41 Å². The fraction of sp³-hybridized carbons (Fsp3) is 0.625. The highest BCUT2D eigenvalue weighted by molar-refractivity contribution is 9.10. The van der Waals surface area contributed by atoms with Crippen molar-refractivity contribution in [3.63, 3.8) is 0 Å². The van der Waals surface area contributed by atoms with E-state index in [0.29, 0.717) is 12.2 Å². The maximum Gasteiger partial charge on any atom is 0.231 e. The smallest absolute Gasteiger partial charge is 0.231 e. The summed E-state index contributed by atoms with van der Waals surface area (Å²) in [6.07, 6.45) is 6.87. The molecule has 1 aliphatic heterocycles. The van der Waals surface area contributed by atoms with Crippen LogP contribution in [0.5, 0.6) is 11.5 Å². The Morgan fingerprint density at radius 3 is 2.60 bits per heavy atom. The number of hydrogen-bond donors (Lipinski definition) is 1. The molecule has 0 atom stereocenters. The van der Waals surface area contributed by atoms with Gasteiger partial charge in [-0.2, -0.15) is 0 Å². The van der Waals surface area contributed by atoms with Crippen LogP contribution in [0, 0.1) is 5.41 Å². The van der Waals surface area contributed by atoms with Crippen molar-refractivity contribution in [3.8, 4) is 11.5 Å². The maximum absolute atomic E-state index is 5.44. The van der Waals surface area contributed by atoms with Crippen LogP contribution in [-0.4, -0.2) is 13.3 Å². The molecule has 0 aromatic heterocycles. The van der Waals surface area contributed by atoms with Gasteiger partial charge in [-0.15, -0.1) is 0 Å². The second-order valence-electron chi connectivity index (χ2n) is 6.27. The first kappa shape index (κ1) is 14.2. The Labute approximate surface area is 129 Å². The van der Waals surface area contributed by atoms with Gasteiger partial charge in [0, 0.05) is 17.6 Å². The van der Waals surface area contributed by atoms with Crippen LogP contribution >= 0.6 is 15.9 Å². The monoisotopic (exact) mass is 339 g/mol. The van der Waals surface area contributed by atoms with Gasteiger partial charge in [0.15, 0.2) is 11.5 Å². The van der Waals surface area contributed by atoms with E-state index in [1.807, 2.05) is 6.07 Å². The normalized spacial score (nSPS) is 20.1. The molecule has 0 radical (unpaired) electrons. The van der Waals surface area contributed by atoms with Crippen molar-refractivity contribution >= 4 is 15.9 Å². The largest absolute Gasteiger partial charge is 0.454 e. The minimum Gasteiger partial charge on any atom is -0.454 e. The number of hydrogen-bond acceptors (Lipinski definition) is 3. The first-order chi connectivity index (χ1) is 9.66. The molecule has 3 rings (SSSR count). The van der Waals surface area contributed by atoms with E-state index in [-0.39, 0.29) is 0 Å². The SMILES string of the molecule is CC1(CNCc2cc3c(cc2Br)OCO3)CCCCC1. The van der Waals surface area contributed by atoms with Crippen LogP contribution < -0.4 is 14.8 Å². The van der Waals surface area contributed by atoms with E-state index < -0.39 is 0 Å². The lowest BCUT2D eigenvalue weighted by Crippen LogP contribution is -2.33. The van der Waals surface area contributed by atoms with E-state index in [1.165, 1.54) is 37.7 Å². The van der Waals surface area contributed by atoms with Crippen LogP contribution in [0.3, 0.4) is 0 Å². The van der Waals surface area contributed by atoms with Gasteiger partial charge < -0.3 is 14.8 Å². The maximum atomic E-state index is 5.44. The minimum absolute atomic E-state index is 0.330. The molecule has 3 nitrogen and oxygen atoms in total. The Balaban J connectivity index is 1.58. The minimum atomic E-state index is 0.330. The highest BCUT2D eigenvalue weighted by Crippen LogP contribution is 2.37. The molecule has 0 saturated heterocycles. The second-order valence-corrected chi connectivity index (χ2v) is 7.13. The van der Waals surface area contributed by atoms with E-state index >= 15 is 0 Å². The molecule has 1 aromatic carbocycles. The molecule has 0 spiro atoms. The van der Waals surface area contributed by atoms with E-state index in [9.17, 15) is 0 Å². The zero-order valence-corrected chi connectivity index (χ0v) is 13.6. The fourth-order valence-electron chi connectivity index (χ4n) is 3.18. The van der Waals surface area contributed by atoms with Crippen molar-refractivity contribution < 1.29 is 9.47 Å². The van der Waals surface area contributed by atoms with Gasteiger partial charge >= 0.3 is 0 Å². The van der Waals surface area contributed by atoms with Gasteiger partial charge in [-0.3, -0.25) is 0 Å². The zero-order chi connectivity index (χ0) is 14.0. The third-order valence-corrected chi connectivity index (χ3v) is 5.21. The number of fused-ring (bicyclic) bond motifs is 1.